The largest absolute Gasteiger partial charge is 0.497 e. The Morgan fingerprint density at radius 1 is 1.38 bits per heavy atom. The van der Waals surface area contributed by atoms with Crippen molar-refractivity contribution < 1.29 is 9.84 Å². The summed E-state index contributed by atoms with van der Waals surface area (Å²) in [5, 5.41) is 20.2. The summed E-state index contributed by atoms with van der Waals surface area (Å²) >= 11 is 0. The number of methoxy groups -OCH3 is 1. The maximum Gasteiger partial charge on any atom is 0.119 e. The van der Waals surface area contributed by atoms with Crippen molar-refractivity contribution in [1.82, 2.24) is 0 Å². The first-order chi connectivity index (χ1) is 11.5. The Bertz CT molecular complexity index is 734. The molecule has 0 aromatic heterocycles. The Hall–Kier alpha value is -1.79. The van der Waals surface area contributed by atoms with E-state index in [0.717, 1.165) is 31.4 Å². The number of fused-ring (bicyclic) bond motifs is 5. The van der Waals surface area contributed by atoms with E-state index in [-0.39, 0.29) is 11.8 Å². The molecule has 24 heavy (non-hydrogen) atoms. The number of hydrogen-bond acceptors (Lipinski definition) is 3. The molecule has 0 spiro atoms. The molecule has 3 aliphatic carbocycles. The van der Waals surface area contributed by atoms with Gasteiger partial charge in [0.2, 0.25) is 0 Å². The zero-order chi connectivity index (χ0) is 16.9. The maximum absolute atomic E-state index is 11.1. The average molecular weight is 323 g/mol. The lowest BCUT2D eigenvalue weighted by molar-refractivity contribution is -0.0827. The lowest BCUT2D eigenvalue weighted by Crippen LogP contribution is -2.51. The van der Waals surface area contributed by atoms with Gasteiger partial charge in [0, 0.05) is 5.41 Å². The van der Waals surface area contributed by atoms with Gasteiger partial charge < -0.3 is 9.84 Å². The normalized spacial score (nSPS) is 39.5. The molecule has 1 aromatic carbocycles. The highest BCUT2D eigenvalue weighted by molar-refractivity contribution is 5.41. The van der Waals surface area contributed by atoms with Gasteiger partial charge in [0.25, 0.3) is 0 Å². The zero-order valence-electron chi connectivity index (χ0n) is 14.5. The summed E-state index contributed by atoms with van der Waals surface area (Å²) in [4.78, 5) is 0. The van der Waals surface area contributed by atoms with Crippen molar-refractivity contribution in [2.45, 2.75) is 50.5 Å². The van der Waals surface area contributed by atoms with Crippen LogP contribution in [0.15, 0.2) is 30.4 Å². The first kappa shape index (κ1) is 15.7. The molecule has 1 unspecified atom stereocenters. The van der Waals surface area contributed by atoms with Crippen LogP contribution in [0.1, 0.15) is 49.7 Å². The number of ether oxygens (including phenoxy) is 1. The Morgan fingerprint density at radius 3 is 2.96 bits per heavy atom. The fraction of sp³-hybridized carbons (Fsp3) is 0.571. The third-order valence-corrected chi connectivity index (χ3v) is 7.10. The molecule has 0 saturated heterocycles. The van der Waals surface area contributed by atoms with E-state index < -0.39 is 5.60 Å². The molecule has 3 nitrogen and oxygen atoms in total. The molecule has 0 amide bonds. The van der Waals surface area contributed by atoms with E-state index >= 15 is 0 Å². The Balaban J connectivity index is 1.68. The van der Waals surface area contributed by atoms with Gasteiger partial charge in [-0.15, -0.1) is 0 Å². The Morgan fingerprint density at radius 2 is 2.21 bits per heavy atom. The van der Waals surface area contributed by atoms with E-state index in [4.69, 9.17) is 10.00 Å². The molecular weight excluding hydrogens is 298 g/mol. The molecule has 4 rings (SSSR count). The number of allylic oxidation sites excluding steroid dienone is 1. The van der Waals surface area contributed by atoms with Crippen LogP contribution in [0, 0.1) is 28.6 Å². The van der Waals surface area contributed by atoms with Crippen LogP contribution in [0.2, 0.25) is 0 Å². The third-order valence-electron chi connectivity index (χ3n) is 7.10. The summed E-state index contributed by atoms with van der Waals surface area (Å²) in [7, 11) is 1.72. The highest BCUT2D eigenvalue weighted by Gasteiger charge is 2.58. The van der Waals surface area contributed by atoms with Gasteiger partial charge in [0.1, 0.15) is 11.4 Å². The summed E-state index contributed by atoms with van der Waals surface area (Å²) < 4.78 is 5.38. The SMILES string of the molecule is COc1ccc2c(c1)CC[C@@H]1[C@@H]2CCC2(C)[C@H]1C=C[C@@]2(O)CC#N. The number of hydrogen-bond donors (Lipinski definition) is 1. The van der Waals surface area contributed by atoms with Gasteiger partial charge in [0.05, 0.1) is 19.6 Å². The predicted octanol–water partition coefficient (Wildman–Crippen LogP) is 3.97. The van der Waals surface area contributed by atoms with Crippen molar-refractivity contribution in [2.75, 3.05) is 7.11 Å². The van der Waals surface area contributed by atoms with E-state index in [9.17, 15) is 5.11 Å². The number of nitrogens with zero attached hydrogens (tertiary/aromatic N) is 1. The van der Waals surface area contributed by atoms with Crippen LogP contribution >= 0.6 is 0 Å². The topological polar surface area (TPSA) is 53.2 Å². The number of benzene rings is 1. The van der Waals surface area contributed by atoms with E-state index in [2.05, 4.69) is 37.3 Å². The molecule has 0 radical (unpaired) electrons. The average Bonchev–Trinajstić information content (AvgIpc) is 2.86. The minimum atomic E-state index is -0.961. The maximum atomic E-state index is 11.1. The van der Waals surface area contributed by atoms with Gasteiger partial charge in [-0.3, -0.25) is 0 Å². The monoisotopic (exact) mass is 323 g/mol. The standard InChI is InChI=1S/C21H25NO2/c1-20-9-7-17-16-6-4-15(24-2)13-14(16)3-5-18(17)19(20)8-10-21(20,23)11-12-22/h4,6,8,10,13,17-19,23H,3,5,7,9,11H2,1-2H3/t17-,18-,19+,20?,21-/m1/s1. The minimum absolute atomic E-state index is 0.196. The van der Waals surface area contributed by atoms with Gasteiger partial charge in [-0.1, -0.05) is 25.1 Å². The molecule has 1 fully saturated rings. The highest BCUT2D eigenvalue weighted by Crippen LogP contribution is 2.62. The summed E-state index contributed by atoms with van der Waals surface area (Å²) in [6.07, 6.45) is 8.61. The van der Waals surface area contributed by atoms with Gasteiger partial charge >= 0.3 is 0 Å². The predicted molar refractivity (Wildman–Crippen MR) is 92.7 cm³/mol. The fourth-order valence-electron chi connectivity index (χ4n) is 5.63. The van der Waals surface area contributed by atoms with Crippen LogP contribution < -0.4 is 4.74 Å². The minimum Gasteiger partial charge on any atom is -0.497 e. The second-order valence-electron chi connectivity index (χ2n) is 7.97. The molecule has 3 aliphatic rings. The quantitative estimate of drug-likeness (QED) is 0.838. The van der Waals surface area contributed by atoms with E-state index in [1.54, 1.807) is 7.11 Å². The Kier molecular flexibility index (Phi) is 3.51. The summed E-state index contributed by atoms with van der Waals surface area (Å²) in [6.45, 7) is 2.19. The Labute approximate surface area is 143 Å². The molecule has 126 valence electrons. The van der Waals surface area contributed by atoms with Crippen LogP contribution in [0.3, 0.4) is 0 Å². The van der Waals surface area contributed by atoms with E-state index in [0.29, 0.717) is 17.8 Å². The van der Waals surface area contributed by atoms with Gasteiger partial charge in [-0.05, 0) is 66.7 Å². The second kappa shape index (κ2) is 5.36. The molecule has 1 N–H and O–H groups in total. The highest BCUT2D eigenvalue weighted by atomic mass is 16.5. The number of rotatable bonds is 2. The van der Waals surface area contributed by atoms with Crippen molar-refractivity contribution in [3.8, 4) is 11.8 Å². The molecule has 1 saturated carbocycles. The van der Waals surface area contributed by atoms with E-state index in [1.165, 1.54) is 11.1 Å². The van der Waals surface area contributed by atoms with Crippen LogP contribution in [0.25, 0.3) is 0 Å². The van der Waals surface area contributed by atoms with Crippen molar-refractivity contribution in [3.05, 3.63) is 41.5 Å². The molecule has 0 aliphatic heterocycles. The van der Waals surface area contributed by atoms with Crippen molar-refractivity contribution in [2.24, 2.45) is 17.3 Å². The van der Waals surface area contributed by atoms with Crippen LogP contribution in [0.5, 0.6) is 5.75 Å². The van der Waals surface area contributed by atoms with Crippen molar-refractivity contribution >= 4 is 0 Å². The summed E-state index contributed by atoms with van der Waals surface area (Å²) in [6, 6.07) is 8.70. The number of aliphatic hydroxyl groups is 1. The van der Waals surface area contributed by atoms with Gasteiger partial charge in [-0.2, -0.15) is 5.26 Å². The third kappa shape index (κ3) is 1.99. The number of nitriles is 1. The zero-order valence-corrected chi connectivity index (χ0v) is 14.5. The smallest absolute Gasteiger partial charge is 0.119 e. The lowest BCUT2D eigenvalue weighted by Gasteiger charge is -2.53. The van der Waals surface area contributed by atoms with Crippen LogP contribution in [0.4, 0.5) is 0 Å². The molecule has 0 bridgehead atoms. The number of aryl methyl sites for hydroxylation is 1. The lowest BCUT2D eigenvalue weighted by atomic mass is 9.52. The van der Waals surface area contributed by atoms with Gasteiger partial charge in [-0.25, -0.2) is 0 Å². The van der Waals surface area contributed by atoms with Gasteiger partial charge in [0.15, 0.2) is 0 Å². The van der Waals surface area contributed by atoms with Crippen molar-refractivity contribution in [1.29, 1.82) is 5.26 Å². The molecule has 3 heteroatoms. The molecule has 1 aromatic rings. The summed E-state index contributed by atoms with van der Waals surface area (Å²) in [5.41, 5.74) is 1.73. The van der Waals surface area contributed by atoms with Crippen molar-refractivity contribution in [3.63, 3.8) is 0 Å². The van der Waals surface area contributed by atoms with Crippen LogP contribution in [-0.4, -0.2) is 17.8 Å². The van der Waals surface area contributed by atoms with E-state index in [1.807, 2.05) is 6.08 Å². The molecule has 0 heterocycles. The summed E-state index contributed by atoms with van der Waals surface area (Å²) in [5.74, 6) is 2.43. The first-order valence-electron chi connectivity index (χ1n) is 8.98. The first-order valence-corrected chi connectivity index (χ1v) is 8.98. The fourth-order valence-corrected chi connectivity index (χ4v) is 5.63. The second-order valence-corrected chi connectivity index (χ2v) is 7.97. The molecular formula is C21H25NO2. The molecule has 5 atom stereocenters. The van der Waals surface area contributed by atoms with Crippen LogP contribution in [-0.2, 0) is 6.42 Å².